The standard InChI is InChI=1S/C8H11BrO2S.C8H9BrS/c1-5(10)8(2,11)6-3-7(9)12-4-6;1-3-6(2)7-4-8(9)10-5-7/h3-5,10-11H,1-2H3;3-5H,1-2H3. The first-order valence-corrected chi connectivity index (χ1v) is 10.0. The Morgan fingerprint density at radius 3 is 2.14 bits per heavy atom. The molecule has 0 saturated carbocycles. The lowest BCUT2D eigenvalue weighted by Gasteiger charge is -2.25. The fourth-order valence-corrected chi connectivity index (χ4v) is 3.98. The van der Waals surface area contributed by atoms with Crippen LogP contribution < -0.4 is 0 Å². The van der Waals surface area contributed by atoms with Gasteiger partial charge in [-0.05, 0) is 99.1 Å². The highest BCUT2D eigenvalue weighted by molar-refractivity contribution is 9.11. The smallest absolute Gasteiger partial charge is 0.113 e. The van der Waals surface area contributed by atoms with Crippen LogP contribution >= 0.6 is 54.5 Å². The molecule has 2 aromatic heterocycles. The Morgan fingerprint density at radius 2 is 1.77 bits per heavy atom. The summed E-state index contributed by atoms with van der Waals surface area (Å²) < 4.78 is 2.15. The van der Waals surface area contributed by atoms with Gasteiger partial charge in [0.1, 0.15) is 5.60 Å². The van der Waals surface area contributed by atoms with Crippen LogP contribution in [-0.4, -0.2) is 16.3 Å². The van der Waals surface area contributed by atoms with E-state index in [9.17, 15) is 10.2 Å². The molecule has 2 nitrogen and oxygen atoms in total. The Hall–Kier alpha value is 0.0200. The van der Waals surface area contributed by atoms with E-state index in [0.717, 1.165) is 9.35 Å². The minimum absolute atomic E-state index is 0.745. The third kappa shape index (κ3) is 5.58. The average molecular weight is 468 g/mol. The molecule has 0 spiro atoms. The fraction of sp³-hybridized carbons (Fsp3) is 0.375. The maximum absolute atomic E-state index is 9.81. The lowest BCUT2D eigenvalue weighted by Crippen LogP contribution is -2.33. The van der Waals surface area contributed by atoms with Crippen molar-refractivity contribution in [1.29, 1.82) is 0 Å². The predicted octanol–water partition coefficient (Wildman–Crippen LogP) is 6.03. The minimum Gasteiger partial charge on any atom is -0.390 e. The number of thiophene rings is 2. The molecular weight excluding hydrogens is 448 g/mol. The van der Waals surface area contributed by atoms with Gasteiger partial charge in [0.25, 0.3) is 0 Å². The van der Waals surface area contributed by atoms with Gasteiger partial charge in [-0.1, -0.05) is 6.08 Å². The largest absolute Gasteiger partial charge is 0.390 e. The van der Waals surface area contributed by atoms with Gasteiger partial charge >= 0.3 is 0 Å². The molecule has 2 heterocycles. The minimum atomic E-state index is -1.15. The number of hydrogen-bond donors (Lipinski definition) is 2. The number of rotatable bonds is 3. The van der Waals surface area contributed by atoms with Crippen LogP contribution in [0.15, 0.2) is 36.5 Å². The molecule has 2 unspecified atom stereocenters. The van der Waals surface area contributed by atoms with Gasteiger partial charge in [0.05, 0.1) is 13.7 Å². The average Bonchev–Trinajstić information content (AvgIpc) is 3.07. The molecule has 22 heavy (non-hydrogen) atoms. The summed E-state index contributed by atoms with van der Waals surface area (Å²) in [7, 11) is 0. The molecule has 2 aromatic rings. The van der Waals surface area contributed by atoms with Crippen molar-refractivity contribution in [3.05, 3.63) is 47.7 Å². The molecule has 0 radical (unpaired) electrons. The van der Waals surface area contributed by atoms with Crippen LogP contribution in [0.1, 0.15) is 38.8 Å². The van der Waals surface area contributed by atoms with E-state index in [0.29, 0.717) is 0 Å². The van der Waals surface area contributed by atoms with Crippen molar-refractivity contribution in [2.45, 2.75) is 39.4 Å². The highest BCUT2D eigenvalue weighted by atomic mass is 79.9. The first kappa shape index (κ1) is 20.1. The summed E-state index contributed by atoms with van der Waals surface area (Å²) in [6, 6.07) is 3.96. The van der Waals surface area contributed by atoms with Crippen molar-refractivity contribution < 1.29 is 10.2 Å². The lowest BCUT2D eigenvalue weighted by atomic mass is 9.94. The zero-order chi connectivity index (χ0) is 16.9. The van der Waals surface area contributed by atoms with E-state index in [1.54, 1.807) is 25.2 Å². The van der Waals surface area contributed by atoms with Crippen LogP contribution in [0.25, 0.3) is 5.57 Å². The molecule has 0 aliphatic heterocycles. The van der Waals surface area contributed by atoms with Gasteiger partial charge in [-0.3, -0.25) is 0 Å². The topological polar surface area (TPSA) is 40.5 Å². The third-order valence-electron chi connectivity index (χ3n) is 3.42. The second kappa shape index (κ2) is 8.76. The van der Waals surface area contributed by atoms with Gasteiger partial charge in [0, 0.05) is 0 Å². The predicted molar refractivity (Wildman–Crippen MR) is 105 cm³/mol. The van der Waals surface area contributed by atoms with Crippen molar-refractivity contribution in [3.63, 3.8) is 0 Å². The molecule has 0 fully saturated rings. The molecular formula is C16H20Br2O2S2. The monoisotopic (exact) mass is 466 g/mol. The van der Waals surface area contributed by atoms with Crippen molar-refractivity contribution >= 4 is 60.1 Å². The first-order valence-electron chi connectivity index (χ1n) is 6.70. The van der Waals surface area contributed by atoms with Gasteiger partial charge in [0.2, 0.25) is 0 Å². The Bertz CT molecular complexity index is 628. The Labute approximate surface area is 156 Å². The van der Waals surface area contributed by atoms with Gasteiger partial charge < -0.3 is 10.2 Å². The van der Waals surface area contributed by atoms with Crippen molar-refractivity contribution in [1.82, 2.24) is 0 Å². The second-order valence-electron chi connectivity index (χ2n) is 5.07. The van der Waals surface area contributed by atoms with Gasteiger partial charge in [-0.15, -0.1) is 22.7 Å². The van der Waals surface area contributed by atoms with E-state index in [4.69, 9.17) is 0 Å². The van der Waals surface area contributed by atoms with E-state index < -0.39 is 11.7 Å². The maximum Gasteiger partial charge on any atom is 0.113 e. The molecule has 0 aliphatic rings. The highest BCUT2D eigenvalue weighted by Crippen LogP contribution is 2.31. The zero-order valence-corrected chi connectivity index (χ0v) is 17.7. The molecule has 0 amide bonds. The summed E-state index contributed by atoms with van der Waals surface area (Å²) in [6.45, 7) is 7.35. The molecule has 2 atom stereocenters. The molecule has 6 heteroatoms. The van der Waals surface area contributed by atoms with Crippen LogP contribution in [-0.2, 0) is 5.60 Å². The number of hydrogen-bond acceptors (Lipinski definition) is 4. The van der Waals surface area contributed by atoms with Crippen LogP contribution in [0, 0.1) is 0 Å². The number of allylic oxidation sites excluding steroid dienone is 2. The number of aliphatic hydroxyl groups is 2. The number of aliphatic hydroxyl groups excluding tert-OH is 1. The van der Waals surface area contributed by atoms with Crippen molar-refractivity contribution in [2.24, 2.45) is 0 Å². The summed E-state index contributed by atoms with van der Waals surface area (Å²) >= 11 is 9.94. The third-order valence-corrected chi connectivity index (χ3v) is 6.43. The normalized spacial score (nSPS) is 15.7. The van der Waals surface area contributed by atoms with E-state index in [1.165, 1.54) is 26.3 Å². The van der Waals surface area contributed by atoms with Crippen LogP contribution in [0.3, 0.4) is 0 Å². The van der Waals surface area contributed by atoms with Crippen molar-refractivity contribution in [2.75, 3.05) is 0 Å². The molecule has 0 saturated heterocycles. The summed E-state index contributed by atoms with van der Waals surface area (Å²) in [5, 5.41) is 23.1. The lowest BCUT2D eigenvalue weighted by molar-refractivity contribution is -0.0567. The Balaban J connectivity index is 0.000000224. The molecule has 0 bridgehead atoms. The zero-order valence-electron chi connectivity index (χ0n) is 12.9. The SMILES string of the molecule is CC(O)C(C)(O)c1csc(Br)c1.CC=C(C)c1csc(Br)c1. The summed E-state index contributed by atoms with van der Waals surface area (Å²) in [4.78, 5) is 0. The first-order chi connectivity index (χ1) is 10.2. The van der Waals surface area contributed by atoms with Crippen molar-refractivity contribution in [3.8, 4) is 0 Å². The summed E-state index contributed by atoms with van der Waals surface area (Å²) in [5.41, 5.74) is 2.25. The Kier molecular flexibility index (Phi) is 7.99. The quantitative estimate of drug-likeness (QED) is 0.578. The van der Waals surface area contributed by atoms with E-state index in [1.807, 2.05) is 11.4 Å². The van der Waals surface area contributed by atoms with E-state index in [-0.39, 0.29) is 0 Å². The maximum atomic E-state index is 9.81. The van der Waals surface area contributed by atoms with Gasteiger partial charge in [0.15, 0.2) is 0 Å². The fourth-order valence-electron chi connectivity index (χ4n) is 1.50. The van der Waals surface area contributed by atoms with E-state index >= 15 is 0 Å². The molecule has 122 valence electrons. The van der Waals surface area contributed by atoms with Gasteiger partial charge in [-0.25, -0.2) is 0 Å². The molecule has 2 N–H and O–H groups in total. The molecule has 0 aromatic carbocycles. The van der Waals surface area contributed by atoms with Gasteiger partial charge in [-0.2, -0.15) is 0 Å². The van der Waals surface area contributed by atoms with E-state index in [2.05, 4.69) is 63.2 Å². The summed E-state index contributed by atoms with van der Waals surface area (Å²) in [6.07, 6.45) is 1.35. The summed E-state index contributed by atoms with van der Waals surface area (Å²) in [5.74, 6) is 0. The second-order valence-corrected chi connectivity index (χ2v) is 9.66. The van der Waals surface area contributed by atoms with Crippen LogP contribution in [0.4, 0.5) is 0 Å². The molecule has 0 aliphatic carbocycles. The molecule has 2 rings (SSSR count). The number of halogens is 2. The van der Waals surface area contributed by atoms with Crippen LogP contribution in [0.5, 0.6) is 0 Å². The van der Waals surface area contributed by atoms with Crippen LogP contribution in [0.2, 0.25) is 0 Å². The Morgan fingerprint density at radius 1 is 1.23 bits per heavy atom. The highest BCUT2D eigenvalue weighted by Gasteiger charge is 2.29.